The molecule has 0 aliphatic carbocycles. The van der Waals surface area contributed by atoms with Crippen LogP contribution in [-0.4, -0.2) is 32.6 Å². The van der Waals surface area contributed by atoms with E-state index in [9.17, 15) is 8.42 Å². The van der Waals surface area contributed by atoms with Crippen LogP contribution < -0.4 is 5.73 Å². The van der Waals surface area contributed by atoms with E-state index in [-0.39, 0.29) is 0 Å². The van der Waals surface area contributed by atoms with Gasteiger partial charge in [0.05, 0.1) is 4.90 Å². The van der Waals surface area contributed by atoms with Gasteiger partial charge in [-0.15, -0.1) is 11.8 Å². The molecule has 1 aromatic rings. The minimum atomic E-state index is -3.39. The third-order valence-corrected chi connectivity index (χ3v) is 5.74. The number of hydrogen-bond acceptors (Lipinski definition) is 4. The van der Waals surface area contributed by atoms with Gasteiger partial charge in [-0.3, -0.25) is 0 Å². The second-order valence-corrected chi connectivity index (χ2v) is 7.83. The van der Waals surface area contributed by atoms with Crippen LogP contribution in [0.4, 0.5) is 5.69 Å². The molecule has 0 heterocycles. The molecule has 0 bridgehead atoms. The lowest BCUT2D eigenvalue weighted by molar-refractivity contribution is 0.520. The Hall–Kier alpha value is -0.720. The Bertz CT molecular complexity index is 513. The summed E-state index contributed by atoms with van der Waals surface area (Å²) >= 11 is 1.62. The van der Waals surface area contributed by atoms with Crippen molar-refractivity contribution < 1.29 is 8.42 Å². The predicted molar refractivity (Wildman–Crippen MR) is 82.0 cm³/mol. The maximum absolute atomic E-state index is 12.0. The molecule has 0 aromatic heterocycles. The SMILES string of the molecule is CCCCCSc1cc(S(=O)(=O)N(C)C)ccc1N. The number of rotatable bonds is 7. The van der Waals surface area contributed by atoms with Gasteiger partial charge >= 0.3 is 0 Å². The highest BCUT2D eigenvalue weighted by Crippen LogP contribution is 2.29. The van der Waals surface area contributed by atoms with E-state index in [4.69, 9.17) is 5.73 Å². The molecule has 0 saturated heterocycles. The summed E-state index contributed by atoms with van der Waals surface area (Å²) in [5, 5.41) is 0. The van der Waals surface area contributed by atoms with Crippen LogP contribution in [0.25, 0.3) is 0 Å². The number of sulfonamides is 1. The molecule has 4 nitrogen and oxygen atoms in total. The first-order chi connectivity index (χ1) is 8.89. The molecule has 0 atom stereocenters. The Balaban J connectivity index is 2.89. The average molecular weight is 302 g/mol. The smallest absolute Gasteiger partial charge is 0.242 e. The number of thioether (sulfide) groups is 1. The van der Waals surface area contributed by atoms with Crippen molar-refractivity contribution >= 4 is 27.5 Å². The van der Waals surface area contributed by atoms with E-state index >= 15 is 0 Å². The average Bonchev–Trinajstić information content (AvgIpc) is 2.36. The second kappa shape index (κ2) is 7.17. The van der Waals surface area contributed by atoms with Crippen LogP contribution >= 0.6 is 11.8 Å². The van der Waals surface area contributed by atoms with E-state index < -0.39 is 10.0 Å². The zero-order chi connectivity index (χ0) is 14.5. The summed E-state index contributed by atoms with van der Waals surface area (Å²) in [4.78, 5) is 1.14. The summed E-state index contributed by atoms with van der Waals surface area (Å²) in [7, 11) is -0.332. The lowest BCUT2D eigenvalue weighted by Gasteiger charge is -2.13. The number of hydrogen-bond donors (Lipinski definition) is 1. The van der Waals surface area contributed by atoms with E-state index in [2.05, 4.69) is 6.92 Å². The van der Waals surface area contributed by atoms with Crippen LogP contribution in [0.3, 0.4) is 0 Å². The third-order valence-electron chi connectivity index (χ3n) is 2.77. The van der Waals surface area contributed by atoms with Gasteiger partial charge in [0, 0.05) is 24.7 Å². The van der Waals surface area contributed by atoms with Crippen molar-refractivity contribution in [2.75, 3.05) is 25.6 Å². The van der Waals surface area contributed by atoms with Gasteiger partial charge in [-0.05, 0) is 30.4 Å². The first-order valence-corrected chi connectivity index (χ1v) is 8.77. The van der Waals surface area contributed by atoms with Crippen LogP contribution in [0.1, 0.15) is 26.2 Å². The Kier molecular flexibility index (Phi) is 6.16. The molecule has 0 fully saturated rings. The highest BCUT2D eigenvalue weighted by Gasteiger charge is 2.18. The molecule has 0 spiro atoms. The van der Waals surface area contributed by atoms with Crippen LogP contribution in [0.5, 0.6) is 0 Å². The fraction of sp³-hybridized carbons (Fsp3) is 0.538. The molecule has 1 rings (SSSR count). The van der Waals surface area contributed by atoms with Gasteiger partial charge in [0.25, 0.3) is 0 Å². The zero-order valence-electron chi connectivity index (χ0n) is 11.7. The van der Waals surface area contributed by atoms with Crippen molar-refractivity contribution in [2.24, 2.45) is 0 Å². The summed E-state index contributed by atoms with van der Waals surface area (Å²) in [6.07, 6.45) is 3.47. The Labute approximate surface area is 120 Å². The third kappa shape index (κ3) is 4.40. The van der Waals surface area contributed by atoms with Gasteiger partial charge in [0.1, 0.15) is 0 Å². The molecule has 1 aromatic carbocycles. The van der Waals surface area contributed by atoms with Gasteiger partial charge in [0.2, 0.25) is 10.0 Å². The number of unbranched alkanes of at least 4 members (excludes halogenated alkanes) is 2. The van der Waals surface area contributed by atoms with Gasteiger partial charge in [-0.25, -0.2) is 12.7 Å². The molecule has 0 aliphatic heterocycles. The predicted octanol–water partition coefficient (Wildman–Crippen LogP) is 2.80. The van der Waals surface area contributed by atoms with Crippen molar-refractivity contribution in [3.63, 3.8) is 0 Å². The van der Waals surface area contributed by atoms with E-state index in [1.165, 1.54) is 31.2 Å². The van der Waals surface area contributed by atoms with E-state index in [0.717, 1.165) is 17.1 Å². The summed E-state index contributed by atoms with van der Waals surface area (Å²) in [5.74, 6) is 0.962. The van der Waals surface area contributed by atoms with Crippen LogP contribution in [0.2, 0.25) is 0 Å². The Morgan fingerprint density at radius 3 is 2.53 bits per heavy atom. The normalized spacial score (nSPS) is 12.0. The highest BCUT2D eigenvalue weighted by molar-refractivity contribution is 7.99. The minimum Gasteiger partial charge on any atom is -0.398 e. The van der Waals surface area contributed by atoms with E-state index in [1.807, 2.05) is 0 Å². The molecule has 2 N–H and O–H groups in total. The van der Waals surface area contributed by atoms with E-state index in [0.29, 0.717) is 10.6 Å². The first kappa shape index (κ1) is 16.3. The number of nitrogen functional groups attached to an aromatic ring is 1. The first-order valence-electron chi connectivity index (χ1n) is 6.34. The quantitative estimate of drug-likeness (QED) is 0.478. The van der Waals surface area contributed by atoms with E-state index in [1.54, 1.807) is 30.0 Å². The highest BCUT2D eigenvalue weighted by atomic mass is 32.2. The van der Waals surface area contributed by atoms with Crippen LogP contribution in [-0.2, 0) is 10.0 Å². The molecule has 6 heteroatoms. The maximum atomic E-state index is 12.0. The fourth-order valence-corrected chi connectivity index (χ4v) is 3.56. The maximum Gasteiger partial charge on any atom is 0.242 e. The van der Waals surface area contributed by atoms with Gasteiger partial charge in [-0.2, -0.15) is 0 Å². The van der Waals surface area contributed by atoms with Crippen molar-refractivity contribution in [3.05, 3.63) is 18.2 Å². The molecule has 108 valence electrons. The molecule has 0 radical (unpaired) electrons. The number of benzene rings is 1. The second-order valence-electron chi connectivity index (χ2n) is 4.54. The molecule has 0 unspecified atom stereocenters. The van der Waals surface area contributed by atoms with Gasteiger partial charge in [0.15, 0.2) is 0 Å². The van der Waals surface area contributed by atoms with Crippen molar-refractivity contribution in [1.29, 1.82) is 0 Å². The van der Waals surface area contributed by atoms with Crippen molar-refractivity contribution in [3.8, 4) is 0 Å². The summed E-state index contributed by atoms with van der Waals surface area (Å²) < 4.78 is 25.3. The lowest BCUT2D eigenvalue weighted by atomic mass is 10.3. The van der Waals surface area contributed by atoms with Crippen LogP contribution in [0, 0.1) is 0 Å². The summed E-state index contributed by atoms with van der Waals surface area (Å²) in [6, 6.07) is 4.89. The number of nitrogens with two attached hydrogens (primary N) is 1. The number of nitrogens with zero attached hydrogens (tertiary/aromatic N) is 1. The molecule has 0 saturated carbocycles. The Morgan fingerprint density at radius 1 is 1.26 bits per heavy atom. The zero-order valence-corrected chi connectivity index (χ0v) is 13.4. The minimum absolute atomic E-state index is 0.296. The molecule has 0 aliphatic rings. The topological polar surface area (TPSA) is 63.4 Å². The van der Waals surface area contributed by atoms with Crippen LogP contribution in [0.15, 0.2) is 28.0 Å². The van der Waals surface area contributed by atoms with Gasteiger partial charge < -0.3 is 5.73 Å². The lowest BCUT2D eigenvalue weighted by Crippen LogP contribution is -2.22. The van der Waals surface area contributed by atoms with Crippen molar-refractivity contribution in [1.82, 2.24) is 4.31 Å². The number of anilines is 1. The standard InChI is InChI=1S/C13H22N2O2S2/c1-4-5-6-9-18-13-10-11(7-8-12(13)14)19(16,17)15(2)3/h7-8,10H,4-6,9,14H2,1-3H3. The van der Waals surface area contributed by atoms with Crippen molar-refractivity contribution in [2.45, 2.75) is 36.0 Å². The van der Waals surface area contributed by atoms with Gasteiger partial charge in [-0.1, -0.05) is 19.8 Å². The fourth-order valence-electron chi connectivity index (χ4n) is 1.55. The Morgan fingerprint density at radius 2 is 1.95 bits per heavy atom. The monoisotopic (exact) mass is 302 g/mol. The summed E-state index contributed by atoms with van der Waals surface area (Å²) in [5.41, 5.74) is 6.53. The summed E-state index contributed by atoms with van der Waals surface area (Å²) in [6.45, 7) is 2.16. The molecule has 0 amide bonds. The largest absolute Gasteiger partial charge is 0.398 e. The molecule has 19 heavy (non-hydrogen) atoms. The molecular weight excluding hydrogens is 280 g/mol. The molecular formula is C13H22N2O2S2.